The first kappa shape index (κ1) is 24.1. The Morgan fingerprint density at radius 2 is 1.91 bits per heavy atom. The fourth-order valence-corrected chi connectivity index (χ4v) is 3.79. The van der Waals surface area contributed by atoms with Gasteiger partial charge >= 0.3 is 6.09 Å². The van der Waals surface area contributed by atoms with E-state index in [0.717, 1.165) is 10.8 Å². The van der Waals surface area contributed by atoms with Gasteiger partial charge in [-0.1, -0.05) is 42.5 Å². The van der Waals surface area contributed by atoms with Crippen molar-refractivity contribution in [3.63, 3.8) is 0 Å². The highest BCUT2D eigenvalue weighted by atomic mass is 16.5. The SMILES string of the molecule is O=C(CCCC/C=C(\COc1cccc2ccccc12)C(=O)NC1CCN(C(=O)O)C1)NO. The van der Waals surface area contributed by atoms with Gasteiger partial charge in [-0.2, -0.15) is 0 Å². The summed E-state index contributed by atoms with van der Waals surface area (Å²) in [4.78, 5) is 36.5. The van der Waals surface area contributed by atoms with Crippen molar-refractivity contribution >= 4 is 28.7 Å². The topological polar surface area (TPSA) is 128 Å². The third kappa shape index (κ3) is 6.95. The van der Waals surface area contributed by atoms with Crippen LogP contribution in [0.5, 0.6) is 5.75 Å². The summed E-state index contributed by atoms with van der Waals surface area (Å²) in [7, 11) is 0. The molecule has 2 aromatic carbocycles. The second-order valence-electron chi connectivity index (χ2n) is 7.96. The summed E-state index contributed by atoms with van der Waals surface area (Å²) in [5.74, 6) is -0.0645. The average molecular weight is 456 g/mol. The van der Waals surface area contributed by atoms with Crippen molar-refractivity contribution in [1.82, 2.24) is 15.7 Å². The normalized spacial score (nSPS) is 16.0. The lowest BCUT2D eigenvalue weighted by Crippen LogP contribution is -2.39. The van der Waals surface area contributed by atoms with Gasteiger partial charge in [0.2, 0.25) is 5.91 Å². The van der Waals surface area contributed by atoms with Crippen molar-refractivity contribution < 1.29 is 29.4 Å². The third-order valence-electron chi connectivity index (χ3n) is 5.59. The molecule has 0 aliphatic carbocycles. The van der Waals surface area contributed by atoms with Crippen molar-refractivity contribution in [1.29, 1.82) is 0 Å². The molecule has 0 aromatic heterocycles. The molecular weight excluding hydrogens is 426 g/mol. The van der Waals surface area contributed by atoms with Crippen LogP contribution in [-0.2, 0) is 9.59 Å². The van der Waals surface area contributed by atoms with E-state index in [1.165, 1.54) is 4.90 Å². The van der Waals surface area contributed by atoms with E-state index in [1.54, 1.807) is 11.6 Å². The quantitative estimate of drug-likeness (QED) is 0.189. The number of nitrogens with one attached hydrogen (secondary N) is 2. The number of rotatable bonds is 10. The number of hydrogen-bond donors (Lipinski definition) is 4. The predicted molar refractivity (Wildman–Crippen MR) is 122 cm³/mol. The van der Waals surface area contributed by atoms with Crippen LogP contribution in [0.25, 0.3) is 10.8 Å². The Hall–Kier alpha value is -3.59. The highest BCUT2D eigenvalue weighted by Gasteiger charge is 2.27. The second-order valence-corrected chi connectivity index (χ2v) is 7.96. The third-order valence-corrected chi connectivity index (χ3v) is 5.59. The Kier molecular flexibility index (Phi) is 8.65. The number of hydroxylamine groups is 1. The number of carbonyl (C=O) groups excluding carboxylic acids is 2. The molecule has 3 rings (SSSR count). The van der Waals surface area contributed by atoms with Gasteiger partial charge in [0.15, 0.2) is 0 Å². The van der Waals surface area contributed by atoms with Crippen LogP contribution in [0.2, 0.25) is 0 Å². The summed E-state index contributed by atoms with van der Waals surface area (Å²) in [6, 6.07) is 13.3. The number of fused-ring (bicyclic) bond motifs is 1. The molecule has 0 spiro atoms. The number of nitrogens with zero attached hydrogens (tertiary/aromatic N) is 1. The summed E-state index contributed by atoms with van der Waals surface area (Å²) < 4.78 is 6.01. The molecule has 0 radical (unpaired) electrons. The van der Waals surface area contributed by atoms with Crippen LogP contribution in [-0.4, -0.2) is 58.9 Å². The molecule has 1 aliphatic heterocycles. The van der Waals surface area contributed by atoms with Crippen LogP contribution in [0, 0.1) is 0 Å². The maximum atomic E-state index is 13.0. The number of allylic oxidation sites excluding steroid dienone is 1. The van der Waals surface area contributed by atoms with Gasteiger partial charge in [0.1, 0.15) is 12.4 Å². The van der Waals surface area contributed by atoms with Crippen LogP contribution in [0.4, 0.5) is 4.79 Å². The maximum absolute atomic E-state index is 13.0. The van der Waals surface area contributed by atoms with Crippen LogP contribution in [0.15, 0.2) is 54.1 Å². The summed E-state index contributed by atoms with van der Waals surface area (Å²) in [5.41, 5.74) is 2.05. The van der Waals surface area contributed by atoms with Gasteiger partial charge < -0.3 is 20.1 Å². The van der Waals surface area contributed by atoms with Crippen molar-refractivity contribution in [2.45, 2.75) is 38.1 Å². The summed E-state index contributed by atoms with van der Waals surface area (Å²) in [6.07, 6.45) is 3.35. The molecule has 1 atom stereocenters. The zero-order valence-electron chi connectivity index (χ0n) is 18.3. The van der Waals surface area contributed by atoms with E-state index >= 15 is 0 Å². The first-order valence-corrected chi connectivity index (χ1v) is 11.0. The van der Waals surface area contributed by atoms with Gasteiger partial charge in [0, 0.05) is 30.9 Å². The molecule has 1 saturated heterocycles. The van der Waals surface area contributed by atoms with Gasteiger partial charge in [-0.3, -0.25) is 14.8 Å². The number of ether oxygens (including phenoxy) is 1. The number of carboxylic acid groups (broad SMARTS) is 1. The number of carbonyl (C=O) groups is 3. The number of likely N-dealkylation sites (tertiary alicyclic amines) is 1. The molecule has 2 aromatic rings. The molecule has 1 aliphatic rings. The Bertz CT molecular complexity index is 1020. The van der Waals surface area contributed by atoms with E-state index in [0.29, 0.717) is 43.6 Å². The lowest BCUT2D eigenvalue weighted by molar-refractivity contribution is -0.129. The van der Waals surface area contributed by atoms with Gasteiger partial charge in [-0.15, -0.1) is 0 Å². The average Bonchev–Trinajstić information content (AvgIpc) is 3.29. The Morgan fingerprint density at radius 1 is 1.12 bits per heavy atom. The van der Waals surface area contributed by atoms with E-state index in [-0.39, 0.29) is 31.5 Å². The Morgan fingerprint density at radius 3 is 2.67 bits per heavy atom. The first-order chi connectivity index (χ1) is 16.0. The molecule has 1 fully saturated rings. The standard InChI is InChI=1S/C24H29N3O6/c28-22(26-32)12-3-1-2-8-18(23(29)25-19-13-14-27(15-19)24(30)31)16-33-21-11-6-9-17-7-4-5-10-20(17)21/h4-11,19,32H,1-3,12-16H2,(H,25,29)(H,26,28)(H,30,31)/b18-8+. The highest BCUT2D eigenvalue weighted by molar-refractivity contribution is 5.94. The molecule has 33 heavy (non-hydrogen) atoms. The lowest BCUT2D eigenvalue weighted by Gasteiger charge is -2.16. The molecule has 9 nitrogen and oxygen atoms in total. The fourth-order valence-electron chi connectivity index (χ4n) is 3.79. The zero-order valence-corrected chi connectivity index (χ0v) is 18.3. The number of unbranched alkanes of at least 4 members (excludes halogenated alkanes) is 2. The van der Waals surface area contributed by atoms with Crippen LogP contribution in [0.1, 0.15) is 32.1 Å². The predicted octanol–water partition coefficient (Wildman–Crippen LogP) is 3.08. The summed E-state index contributed by atoms with van der Waals surface area (Å²) >= 11 is 0. The molecule has 1 heterocycles. The summed E-state index contributed by atoms with van der Waals surface area (Å²) in [5, 5.41) is 22.6. The van der Waals surface area contributed by atoms with Crippen molar-refractivity contribution in [2.75, 3.05) is 19.7 Å². The van der Waals surface area contributed by atoms with Crippen molar-refractivity contribution in [3.05, 3.63) is 54.1 Å². The first-order valence-electron chi connectivity index (χ1n) is 11.0. The molecule has 4 N–H and O–H groups in total. The van der Waals surface area contributed by atoms with Crippen LogP contribution >= 0.6 is 0 Å². The minimum absolute atomic E-state index is 0.0618. The fraction of sp³-hybridized carbons (Fsp3) is 0.375. The van der Waals surface area contributed by atoms with Gasteiger partial charge in [-0.05, 0) is 37.1 Å². The smallest absolute Gasteiger partial charge is 0.407 e. The van der Waals surface area contributed by atoms with Gasteiger partial charge in [0.05, 0.1) is 5.57 Å². The molecule has 1 unspecified atom stereocenters. The Balaban J connectivity index is 1.65. The van der Waals surface area contributed by atoms with E-state index in [1.807, 2.05) is 42.5 Å². The van der Waals surface area contributed by atoms with E-state index in [2.05, 4.69) is 5.32 Å². The van der Waals surface area contributed by atoms with Crippen molar-refractivity contribution in [2.24, 2.45) is 0 Å². The lowest BCUT2D eigenvalue weighted by atomic mass is 10.1. The highest BCUT2D eigenvalue weighted by Crippen LogP contribution is 2.25. The molecule has 3 amide bonds. The Labute approximate surface area is 192 Å². The summed E-state index contributed by atoms with van der Waals surface area (Å²) in [6.45, 7) is 0.708. The molecular formula is C24H29N3O6. The maximum Gasteiger partial charge on any atom is 0.407 e. The monoisotopic (exact) mass is 455 g/mol. The zero-order chi connectivity index (χ0) is 23.6. The molecule has 176 valence electrons. The number of amides is 3. The van der Waals surface area contributed by atoms with Crippen LogP contribution in [0.3, 0.4) is 0 Å². The van der Waals surface area contributed by atoms with E-state index in [9.17, 15) is 14.4 Å². The van der Waals surface area contributed by atoms with Crippen molar-refractivity contribution in [3.8, 4) is 5.75 Å². The van der Waals surface area contributed by atoms with Gasteiger partial charge in [-0.25, -0.2) is 10.3 Å². The molecule has 0 saturated carbocycles. The number of benzene rings is 2. The molecule has 0 bridgehead atoms. The minimum Gasteiger partial charge on any atom is -0.488 e. The largest absolute Gasteiger partial charge is 0.488 e. The van der Waals surface area contributed by atoms with E-state index < -0.39 is 12.0 Å². The molecule has 9 heteroatoms. The second kappa shape index (κ2) is 11.9. The van der Waals surface area contributed by atoms with Crippen LogP contribution < -0.4 is 15.5 Å². The van der Waals surface area contributed by atoms with Gasteiger partial charge in [0.25, 0.3) is 5.91 Å². The van der Waals surface area contributed by atoms with E-state index in [4.69, 9.17) is 15.1 Å². The number of hydrogen-bond acceptors (Lipinski definition) is 5. The minimum atomic E-state index is -0.992.